The molecule has 1 saturated carbocycles. The largest absolute Gasteiger partial charge is 0.508 e. The lowest BCUT2D eigenvalue weighted by Gasteiger charge is -2.37. The summed E-state index contributed by atoms with van der Waals surface area (Å²) in [5, 5.41) is 9.64. The van der Waals surface area contributed by atoms with Gasteiger partial charge in [0.15, 0.2) is 0 Å². The van der Waals surface area contributed by atoms with Gasteiger partial charge >= 0.3 is 0 Å². The highest BCUT2D eigenvalue weighted by Gasteiger charge is 2.33. The molecule has 2 atom stereocenters. The van der Waals surface area contributed by atoms with E-state index in [1.807, 2.05) is 12.1 Å². The SMILES string of the molecule is CC1CC(OOCc2ccccc2O)CC(C)(C)C1. The minimum absolute atomic E-state index is 0.157. The van der Waals surface area contributed by atoms with Crippen molar-refractivity contribution in [2.24, 2.45) is 11.3 Å². The molecule has 0 amide bonds. The molecule has 106 valence electrons. The topological polar surface area (TPSA) is 38.7 Å². The summed E-state index contributed by atoms with van der Waals surface area (Å²) in [4.78, 5) is 10.9. The highest BCUT2D eigenvalue weighted by molar-refractivity contribution is 5.30. The third-order valence-corrected chi connectivity index (χ3v) is 3.76. The molecule has 1 aliphatic carbocycles. The van der Waals surface area contributed by atoms with E-state index in [2.05, 4.69) is 20.8 Å². The van der Waals surface area contributed by atoms with Crippen LogP contribution in [-0.2, 0) is 16.4 Å². The second kappa shape index (κ2) is 5.93. The van der Waals surface area contributed by atoms with E-state index >= 15 is 0 Å². The van der Waals surface area contributed by atoms with Gasteiger partial charge in [-0.15, -0.1) is 0 Å². The first-order valence-electron chi connectivity index (χ1n) is 7.01. The fraction of sp³-hybridized carbons (Fsp3) is 0.625. The number of phenols is 1. The summed E-state index contributed by atoms with van der Waals surface area (Å²) >= 11 is 0. The van der Waals surface area contributed by atoms with Gasteiger partial charge in [0.05, 0.1) is 6.10 Å². The van der Waals surface area contributed by atoms with E-state index < -0.39 is 0 Å². The molecule has 0 bridgehead atoms. The number of hydrogen-bond donors (Lipinski definition) is 1. The highest BCUT2D eigenvalue weighted by Crippen LogP contribution is 2.39. The van der Waals surface area contributed by atoms with Gasteiger partial charge < -0.3 is 5.11 Å². The Morgan fingerprint density at radius 3 is 2.68 bits per heavy atom. The van der Waals surface area contributed by atoms with Gasteiger partial charge in [-0.2, -0.15) is 0 Å². The van der Waals surface area contributed by atoms with Crippen LogP contribution in [0.25, 0.3) is 0 Å². The van der Waals surface area contributed by atoms with Crippen molar-refractivity contribution in [1.29, 1.82) is 0 Å². The third kappa shape index (κ3) is 4.22. The summed E-state index contributed by atoms with van der Waals surface area (Å²) in [5.41, 5.74) is 1.08. The average molecular weight is 264 g/mol. The number of phenolic OH excluding ortho intramolecular Hbond substituents is 1. The fourth-order valence-electron chi connectivity index (χ4n) is 3.16. The molecule has 3 heteroatoms. The molecule has 1 fully saturated rings. The maximum atomic E-state index is 9.64. The second-order valence-electron chi connectivity index (χ2n) is 6.52. The lowest BCUT2D eigenvalue weighted by molar-refractivity contribution is -0.343. The van der Waals surface area contributed by atoms with Crippen molar-refractivity contribution in [2.75, 3.05) is 0 Å². The van der Waals surface area contributed by atoms with E-state index in [9.17, 15) is 5.11 Å². The molecule has 0 saturated heterocycles. The summed E-state index contributed by atoms with van der Waals surface area (Å²) in [7, 11) is 0. The van der Waals surface area contributed by atoms with Gasteiger partial charge in [-0.1, -0.05) is 39.0 Å². The summed E-state index contributed by atoms with van der Waals surface area (Å²) < 4.78 is 0. The van der Waals surface area contributed by atoms with Crippen molar-refractivity contribution >= 4 is 0 Å². The van der Waals surface area contributed by atoms with E-state index in [1.54, 1.807) is 12.1 Å². The molecule has 1 aromatic carbocycles. The molecule has 1 N–H and O–H groups in total. The van der Waals surface area contributed by atoms with Crippen LogP contribution in [0.2, 0.25) is 0 Å². The molecule has 19 heavy (non-hydrogen) atoms. The standard InChI is InChI=1S/C16H24O3/c1-12-8-14(10-16(2,3)9-12)19-18-11-13-6-4-5-7-15(13)17/h4-7,12,14,17H,8-11H2,1-3H3. The van der Waals surface area contributed by atoms with Gasteiger partial charge in [-0.05, 0) is 36.7 Å². The summed E-state index contributed by atoms with van der Waals surface area (Å²) in [6, 6.07) is 7.17. The quantitative estimate of drug-likeness (QED) is 0.658. The van der Waals surface area contributed by atoms with Gasteiger partial charge in [0.1, 0.15) is 12.4 Å². The Morgan fingerprint density at radius 2 is 2.00 bits per heavy atom. The van der Waals surface area contributed by atoms with Crippen LogP contribution in [0.1, 0.15) is 45.6 Å². The van der Waals surface area contributed by atoms with Crippen LogP contribution in [-0.4, -0.2) is 11.2 Å². The molecule has 2 unspecified atom stereocenters. The molecule has 0 heterocycles. The number of para-hydroxylation sites is 1. The molecular weight excluding hydrogens is 240 g/mol. The summed E-state index contributed by atoms with van der Waals surface area (Å²) in [5.74, 6) is 0.922. The molecule has 0 aliphatic heterocycles. The first-order valence-corrected chi connectivity index (χ1v) is 7.01. The van der Waals surface area contributed by atoms with Gasteiger partial charge in [0.25, 0.3) is 0 Å². The Kier molecular flexibility index (Phi) is 4.48. The minimum Gasteiger partial charge on any atom is -0.508 e. The molecule has 2 rings (SSSR count). The van der Waals surface area contributed by atoms with Crippen LogP contribution in [0.3, 0.4) is 0 Å². The van der Waals surface area contributed by atoms with Crippen molar-refractivity contribution in [1.82, 2.24) is 0 Å². The average Bonchev–Trinajstić information content (AvgIpc) is 2.29. The molecule has 0 aromatic heterocycles. The first-order chi connectivity index (χ1) is 8.96. The minimum atomic E-state index is 0.157. The predicted octanol–water partition coefficient (Wildman–Crippen LogP) is 4.06. The highest BCUT2D eigenvalue weighted by atomic mass is 17.2. The summed E-state index contributed by atoms with van der Waals surface area (Å²) in [6.07, 6.45) is 3.47. The van der Waals surface area contributed by atoms with E-state index in [1.165, 1.54) is 6.42 Å². The smallest absolute Gasteiger partial charge is 0.121 e. The van der Waals surface area contributed by atoms with Gasteiger partial charge in [-0.3, -0.25) is 0 Å². The van der Waals surface area contributed by atoms with Crippen molar-refractivity contribution in [2.45, 2.75) is 52.7 Å². The number of benzene rings is 1. The summed E-state index contributed by atoms with van der Waals surface area (Å²) in [6.45, 7) is 7.11. The fourth-order valence-corrected chi connectivity index (χ4v) is 3.16. The molecule has 1 aromatic rings. The number of hydrogen-bond acceptors (Lipinski definition) is 3. The lowest BCUT2D eigenvalue weighted by atomic mass is 9.71. The maximum absolute atomic E-state index is 9.64. The van der Waals surface area contributed by atoms with Crippen LogP contribution < -0.4 is 0 Å². The van der Waals surface area contributed by atoms with E-state index in [4.69, 9.17) is 9.78 Å². The zero-order chi connectivity index (χ0) is 13.9. The molecule has 3 nitrogen and oxygen atoms in total. The molecule has 0 radical (unpaired) electrons. The van der Waals surface area contributed by atoms with E-state index in [0.29, 0.717) is 11.3 Å². The Balaban J connectivity index is 1.81. The Bertz CT molecular complexity index is 414. The first kappa shape index (κ1) is 14.4. The second-order valence-corrected chi connectivity index (χ2v) is 6.52. The predicted molar refractivity (Wildman–Crippen MR) is 74.6 cm³/mol. The van der Waals surface area contributed by atoms with Crippen LogP contribution in [0.5, 0.6) is 5.75 Å². The Labute approximate surface area is 115 Å². The van der Waals surface area contributed by atoms with Crippen molar-refractivity contribution in [3.8, 4) is 5.75 Å². The van der Waals surface area contributed by atoms with Crippen molar-refractivity contribution in [3.63, 3.8) is 0 Å². The zero-order valence-electron chi connectivity index (χ0n) is 12.1. The van der Waals surface area contributed by atoms with Crippen LogP contribution in [0.4, 0.5) is 0 Å². The van der Waals surface area contributed by atoms with E-state index in [-0.39, 0.29) is 18.5 Å². The molecular formula is C16H24O3. The lowest BCUT2D eigenvalue weighted by Crippen LogP contribution is -2.32. The van der Waals surface area contributed by atoms with Crippen LogP contribution in [0.15, 0.2) is 24.3 Å². The normalized spacial score (nSPS) is 26.3. The Morgan fingerprint density at radius 1 is 1.26 bits per heavy atom. The van der Waals surface area contributed by atoms with Crippen LogP contribution >= 0.6 is 0 Å². The van der Waals surface area contributed by atoms with Gasteiger partial charge in [0.2, 0.25) is 0 Å². The number of aromatic hydroxyl groups is 1. The Hall–Kier alpha value is -1.06. The number of rotatable bonds is 4. The molecule has 1 aliphatic rings. The maximum Gasteiger partial charge on any atom is 0.121 e. The van der Waals surface area contributed by atoms with Crippen LogP contribution in [0, 0.1) is 11.3 Å². The molecule has 0 spiro atoms. The monoisotopic (exact) mass is 264 g/mol. The van der Waals surface area contributed by atoms with E-state index in [0.717, 1.165) is 18.4 Å². The third-order valence-electron chi connectivity index (χ3n) is 3.76. The van der Waals surface area contributed by atoms with Crippen molar-refractivity contribution < 1.29 is 14.9 Å². The van der Waals surface area contributed by atoms with Gasteiger partial charge in [-0.25, -0.2) is 9.78 Å². The van der Waals surface area contributed by atoms with Gasteiger partial charge in [0, 0.05) is 5.56 Å². The zero-order valence-corrected chi connectivity index (χ0v) is 12.1. The van der Waals surface area contributed by atoms with Crippen molar-refractivity contribution in [3.05, 3.63) is 29.8 Å².